The molecule has 256 valence electrons. The molecule has 46 heavy (non-hydrogen) atoms. The molecule has 0 atom stereocenters. The first-order chi connectivity index (χ1) is 21.7. The fourth-order valence-electron chi connectivity index (χ4n) is 4.88. The number of benzene rings is 1. The van der Waals surface area contributed by atoms with Gasteiger partial charge in [-0.3, -0.25) is 4.90 Å². The van der Waals surface area contributed by atoms with Crippen molar-refractivity contribution >= 4 is 5.69 Å². The second-order valence-corrected chi connectivity index (χ2v) is 12.2. The second kappa shape index (κ2) is 22.9. The maximum absolute atomic E-state index is 12.6. The van der Waals surface area contributed by atoms with Crippen LogP contribution in [0.2, 0.25) is 0 Å². The fourth-order valence-corrected chi connectivity index (χ4v) is 4.88. The van der Waals surface area contributed by atoms with Crippen molar-refractivity contribution in [1.29, 1.82) is 0 Å². The van der Waals surface area contributed by atoms with E-state index in [-0.39, 0.29) is 18.3 Å². The minimum absolute atomic E-state index is 0.0233. The molecule has 1 aliphatic rings. The van der Waals surface area contributed by atoms with Gasteiger partial charge in [-0.05, 0) is 87.5 Å². The Bertz CT molecular complexity index is 1200. The molecule has 1 aromatic carbocycles. The lowest BCUT2D eigenvalue weighted by Gasteiger charge is -2.34. The van der Waals surface area contributed by atoms with Gasteiger partial charge in [-0.15, -0.1) is 13.2 Å². The number of rotatable bonds is 16. The highest BCUT2D eigenvalue weighted by atomic mass is 19.3. The summed E-state index contributed by atoms with van der Waals surface area (Å²) >= 11 is 0. The van der Waals surface area contributed by atoms with Crippen molar-refractivity contribution < 1.29 is 8.78 Å². The molecule has 1 aliphatic carbocycles. The Morgan fingerprint density at radius 2 is 1.65 bits per heavy atom. The van der Waals surface area contributed by atoms with Gasteiger partial charge < -0.3 is 16.0 Å². The summed E-state index contributed by atoms with van der Waals surface area (Å²) in [4.78, 5) is 2.21. The number of hydrogen-bond donors (Lipinski definition) is 3. The number of alkyl halides is 2. The Kier molecular flexibility index (Phi) is 21.2. The van der Waals surface area contributed by atoms with Gasteiger partial charge in [0.2, 0.25) is 5.92 Å². The number of nitrogens with one attached hydrogen (secondary N) is 3. The molecule has 0 amide bonds. The summed E-state index contributed by atoms with van der Waals surface area (Å²) in [6, 6.07) is 6.50. The molecule has 0 aromatic heterocycles. The van der Waals surface area contributed by atoms with E-state index >= 15 is 0 Å². The summed E-state index contributed by atoms with van der Waals surface area (Å²) in [5.74, 6) is -2.41. The van der Waals surface area contributed by atoms with E-state index < -0.39 is 5.92 Å². The van der Waals surface area contributed by atoms with E-state index in [4.69, 9.17) is 0 Å². The van der Waals surface area contributed by atoms with Crippen LogP contribution < -0.4 is 16.0 Å². The molecule has 0 aliphatic heterocycles. The molecular weight excluding hydrogens is 574 g/mol. The zero-order chi connectivity index (χ0) is 35.2. The summed E-state index contributed by atoms with van der Waals surface area (Å²) < 4.78 is 25.3. The van der Waals surface area contributed by atoms with Gasteiger partial charge in [-0.1, -0.05) is 81.7 Å². The van der Waals surface area contributed by atoms with Crippen molar-refractivity contribution in [2.45, 2.75) is 72.1 Å². The van der Waals surface area contributed by atoms with Crippen LogP contribution in [0.15, 0.2) is 116 Å². The standard InChI is InChI=1S/C19H26N2.C12H22N2.C9H14F2/c1-6-8-9-10-15(3)21-16(4)13-18-14-19(20-5)12-11-17(18)7-2;1-6-8-14(5)10-12(7-2)11(3)9-13-4;1-3-8(2)4-6-9(10,11)7-5-8/h6,8-12,14,20-21H,1,4,7,13H2,2-3,5H3;6-7,13H,1-2,8-10H2,3-5H3;3H,1,4-7H2,2H3/b9-8-,15-10+;12-11-;. The first kappa shape index (κ1) is 42.5. The van der Waals surface area contributed by atoms with Gasteiger partial charge in [-0.2, -0.15) is 0 Å². The van der Waals surface area contributed by atoms with Gasteiger partial charge in [0.25, 0.3) is 0 Å². The van der Waals surface area contributed by atoms with Crippen molar-refractivity contribution in [3.8, 4) is 0 Å². The van der Waals surface area contributed by atoms with Crippen LogP contribution in [0.3, 0.4) is 0 Å². The quantitative estimate of drug-likeness (QED) is 0.125. The maximum atomic E-state index is 12.6. The number of hydrogen-bond acceptors (Lipinski definition) is 4. The highest BCUT2D eigenvalue weighted by Gasteiger charge is 2.39. The molecule has 1 fully saturated rings. The molecule has 2 rings (SSSR count). The third-order valence-electron chi connectivity index (χ3n) is 7.98. The molecule has 0 spiro atoms. The zero-order valence-electron chi connectivity index (χ0n) is 29.9. The maximum Gasteiger partial charge on any atom is 0.248 e. The summed E-state index contributed by atoms with van der Waals surface area (Å²) in [6.07, 6.45) is 16.3. The highest BCUT2D eigenvalue weighted by Crippen LogP contribution is 2.43. The van der Waals surface area contributed by atoms with Crippen molar-refractivity contribution in [2.75, 3.05) is 46.1 Å². The number of likely N-dealkylation sites (N-methyl/N-ethyl adjacent to an activating group) is 2. The molecule has 4 nitrogen and oxygen atoms in total. The lowest BCUT2D eigenvalue weighted by atomic mass is 9.74. The molecule has 0 saturated heterocycles. The van der Waals surface area contributed by atoms with E-state index in [0.29, 0.717) is 12.8 Å². The molecule has 0 heterocycles. The minimum atomic E-state index is -2.41. The van der Waals surface area contributed by atoms with Gasteiger partial charge in [0.05, 0.1) is 0 Å². The molecule has 1 saturated carbocycles. The Morgan fingerprint density at radius 3 is 2.15 bits per heavy atom. The normalized spacial score (nSPS) is 15.7. The van der Waals surface area contributed by atoms with Crippen LogP contribution in [0, 0.1) is 5.41 Å². The summed E-state index contributed by atoms with van der Waals surface area (Å²) in [5.41, 5.74) is 8.49. The number of halogens is 2. The van der Waals surface area contributed by atoms with Crippen LogP contribution in [0.4, 0.5) is 14.5 Å². The molecule has 1 aromatic rings. The first-order valence-electron chi connectivity index (χ1n) is 16.2. The van der Waals surface area contributed by atoms with E-state index in [1.807, 2.05) is 64.4 Å². The van der Waals surface area contributed by atoms with E-state index in [0.717, 1.165) is 49.6 Å². The van der Waals surface area contributed by atoms with Crippen LogP contribution in [-0.4, -0.2) is 51.6 Å². The van der Waals surface area contributed by atoms with E-state index in [1.54, 1.807) is 6.08 Å². The van der Waals surface area contributed by atoms with Crippen LogP contribution in [-0.2, 0) is 12.8 Å². The Hall–Kier alpha value is -3.48. The second-order valence-electron chi connectivity index (χ2n) is 12.2. The van der Waals surface area contributed by atoms with Crippen molar-refractivity contribution in [3.63, 3.8) is 0 Å². The minimum Gasteiger partial charge on any atom is -0.388 e. The van der Waals surface area contributed by atoms with Gasteiger partial charge >= 0.3 is 0 Å². The van der Waals surface area contributed by atoms with Crippen molar-refractivity contribution in [2.24, 2.45) is 5.41 Å². The van der Waals surface area contributed by atoms with Crippen molar-refractivity contribution in [1.82, 2.24) is 15.5 Å². The third-order valence-corrected chi connectivity index (χ3v) is 7.98. The van der Waals surface area contributed by atoms with E-state index in [1.165, 1.54) is 22.3 Å². The number of anilines is 1. The highest BCUT2D eigenvalue weighted by molar-refractivity contribution is 5.49. The third kappa shape index (κ3) is 17.9. The molecule has 3 N–H and O–H groups in total. The number of allylic oxidation sites excluding steroid dienone is 7. The van der Waals surface area contributed by atoms with Gasteiger partial charge in [0, 0.05) is 63.0 Å². The number of aryl methyl sites for hydroxylation is 1. The molecule has 0 bridgehead atoms. The molecule has 0 unspecified atom stereocenters. The SMILES string of the molecule is C=C/C=C\C=C(/C)NC(=C)Cc1cc(NC)ccc1CC.C=CC1(C)CCC(F)(F)CC1.C=CCN(C)C/C(C=C)=C(/C)CNC. The Morgan fingerprint density at radius 1 is 1.00 bits per heavy atom. The first-order valence-corrected chi connectivity index (χ1v) is 16.2. The topological polar surface area (TPSA) is 39.3 Å². The Balaban J connectivity index is 0.000000702. The Labute approximate surface area is 280 Å². The lowest BCUT2D eigenvalue weighted by Crippen LogP contribution is -2.29. The predicted octanol–water partition coefficient (Wildman–Crippen LogP) is 9.80. The van der Waals surface area contributed by atoms with Gasteiger partial charge in [-0.25, -0.2) is 8.78 Å². The average molecular weight is 637 g/mol. The largest absolute Gasteiger partial charge is 0.388 e. The summed E-state index contributed by atoms with van der Waals surface area (Å²) in [6.45, 7) is 30.1. The summed E-state index contributed by atoms with van der Waals surface area (Å²) in [5, 5.41) is 9.67. The van der Waals surface area contributed by atoms with E-state index in [9.17, 15) is 8.78 Å². The predicted molar refractivity (Wildman–Crippen MR) is 201 cm³/mol. The molecule has 6 heteroatoms. The monoisotopic (exact) mass is 636 g/mol. The van der Waals surface area contributed by atoms with E-state index in [2.05, 4.69) is 92.8 Å². The van der Waals surface area contributed by atoms with Gasteiger partial charge in [0.15, 0.2) is 0 Å². The molecular formula is C40H62F2N4. The van der Waals surface area contributed by atoms with Crippen LogP contribution in [0.25, 0.3) is 0 Å². The lowest BCUT2D eigenvalue weighted by molar-refractivity contribution is -0.0547. The van der Waals surface area contributed by atoms with Gasteiger partial charge in [0.1, 0.15) is 0 Å². The van der Waals surface area contributed by atoms with Crippen LogP contribution >= 0.6 is 0 Å². The average Bonchev–Trinajstić information content (AvgIpc) is 3.02. The molecule has 0 radical (unpaired) electrons. The summed E-state index contributed by atoms with van der Waals surface area (Å²) in [7, 11) is 5.98. The zero-order valence-corrected chi connectivity index (χ0v) is 29.9. The number of nitrogens with zero attached hydrogens (tertiary/aromatic N) is 1. The smallest absolute Gasteiger partial charge is 0.248 e. The van der Waals surface area contributed by atoms with Crippen LogP contribution in [0.1, 0.15) is 64.5 Å². The fraction of sp³-hybridized carbons (Fsp3) is 0.450. The van der Waals surface area contributed by atoms with Crippen LogP contribution in [0.5, 0.6) is 0 Å². The van der Waals surface area contributed by atoms with Crippen molar-refractivity contribution in [3.05, 3.63) is 127 Å².